The molecule has 0 aliphatic rings. The van der Waals surface area contributed by atoms with Gasteiger partial charge in [0.1, 0.15) is 0 Å². The zero-order chi connectivity index (χ0) is 14.4. The van der Waals surface area contributed by atoms with Crippen LogP contribution in [0.4, 0.5) is 4.79 Å². The summed E-state index contributed by atoms with van der Waals surface area (Å²) in [5.41, 5.74) is -0.0302. The van der Waals surface area contributed by atoms with Crippen LogP contribution >= 0.6 is 0 Å². The van der Waals surface area contributed by atoms with E-state index in [4.69, 9.17) is 10.2 Å². The molecule has 0 fully saturated rings. The normalized spacial score (nSPS) is 11.9. The van der Waals surface area contributed by atoms with Gasteiger partial charge in [-0.2, -0.15) is 0 Å². The Morgan fingerprint density at radius 1 is 1.58 bits per heavy atom. The average Bonchev–Trinajstić information content (AvgIpc) is 2.85. The predicted octanol–water partition coefficient (Wildman–Crippen LogP) is -0.396. The summed E-state index contributed by atoms with van der Waals surface area (Å²) < 4.78 is 1.58. The van der Waals surface area contributed by atoms with E-state index in [1.807, 2.05) is 0 Å². The Labute approximate surface area is 110 Å². The Hall–Kier alpha value is -2.09. The van der Waals surface area contributed by atoms with E-state index in [0.717, 1.165) is 0 Å². The summed E-state index contributed by atoms with van der Waals surface area (Å²) in [6.07, 6.45) is 2.80. The number of carbonyl (C=O) groups excluding carboxylic acids is 1. The maximum Gasteiger partial charge on any atom is 0.356 e. The van der Waals surface area contributed by atoms with Crippen LogP contribution in [-0.2, 0) is 6.54 Å². The van der Waals surface area contributed by atoms with Crippen molar-refractivity contribution in [1.29, 1.82) is 0 Å². The fraction of sp³-hybridized carbons (Fsp3) is 0.545. The van der Waals surface area contributed by atoms with Gasteiger partial charge < -0.3 is 25.0 Å². The molecule has 1 atom stereocenters. The molecular formula is C11H18N4O4. The number of likely N-dealkylation sites (N-methyl/N-ethyl adjacent to an activating group) is 1. The maximum atomic E-state index is 11.6. The Bertz CT molecular complexity index is 446. The first kappa shape index (κ1) is 15.0. The largest absolute Gasteiger partial charge is 0.476 e. The molecule has 1 aromatic heterocycles. The molecule has 0 aliphatic carbocycles. The summed E-state index contributed by atoms with van der Waals surface area (Å²) in [5, 5.41) is 20.3. The smallest absolute Gasteiger partial charge is 0.356 e. The van der Waals surface area contributed by atoms with Crippen molar-refractivity contribution in [3.63, 3.8) is 0 Å². The Balaban J connectivity index is 2.37. The number of aliphatic hydroxyl groups is 1. The molecule has 0 saturated carbocycles. The number of aromatic carboxylic acids is 1. The molecule has 8 nitrogen and oxygen atoms in total. The molecule has 0 spiro atoms. The van der Waals surface area contributed by atoms with Crippen LogP contribution in [0.3, 0.4) is 0 Å². The number of urea groups is 1. The lowest BCUT2D eigenvalue weighted by atomic mass is 10.3. The van der Waals surface area contributed by atoms with Crippen molar-refractivity contribution in [2.75, 3.05) is 20.2 Å². The summed E-state index contributed by atoms with van der Waals surface area (Å²) >= 11 is 0. The highest BCUT2D eigenvalue weighted by Crippen LogP contribution is 1.96. The number of imidazole rings is 1. The highest BCUT2D eigenvalue weighted by molar-refractivity contribution is 5.84. The van der Waals surface area contributed by atoms with Gasteiger partial charge in [0.15, 0.2) is 5.69 Å². The number of aliphatic hydroxyl groups excluding tert-OH is 1. The highest BCUT2D eigenvalue weighted by Gasteiger charge is 2.14. The molecule has 1 aromatic rings. The van der Waals surface area contributed by atoms with E-state index in [9.17, 15) is 9.59 Å². The van der Waals surface area contributed by atoms with Crippen molar-refractivity contribution in [2.45, 2.75) is 19.5 Å². The van der Waals surface area contributed by atoms with Crippen LogP contribution in [0.15, 0.2) is 12.5 Å². The molecule has 1 unspecified atom stereocenters. The second kappa shape index (κ2) is 6.74. The van der Waals surface area contributed by atoms with Gasteiger partial charge in [-0.1, -0.05) is 0 Å². The molecular weight excluding hydrogens is 252 g/mol. The van der Waals surface area contributed by atoms with E-state index in [1.54, 1.807) is 18.5 Å². The Morgan fingerprint density at radius 3 is 2.79 bits per heavy atom. The van der Waals surface area contributed by atoms with Gasteiger partial charge in [0.25, 0.3) is 0 Å². The number of aromatic nitrogens is 2. The third-order valence-corrected chi connectivity index (χ3v) is 2.74. The molecule has 1 heterocycles. The minimum Gasteiger partial charge on any atom is -0.476 e. The Morgan fingerprint density at radius 2 is 2.26 bits per heavy atom. The molecule has 2 amide bonds. The first-order chi connectivity index (χ1) is 8.95. The van der Waals surface area contributed by atoms with Crippen molar-refractivity contribution in [3.8, 4) is 0 Å². The van der Waals surface area contributed by atoms with Crippen LogP contribution in [0.25, 0.3) is 0 Å². The van der Waals surface area contributed by atoms with Gasteiger partial charge in [-0.15, -0.1) is 0 Å². The lowest BCUT2D eigenvalue weighted by molar-refractivity contribution is 0.0691. The van der Waals surface area contributed by atoms with E-state index < -0.39 is 5.97 Å². The third kappa shape index (κ3) is 4.25. The standard InChI is InChI=1S/C11H18N4O4/c1-8(6-16)14(2)11(19)12-3-4-15-5-9(10(17)18)13-7-15/h5,7-8,16H,3-4,6H2,1-2H3,(H,12,19)(H,17,18). The zero-order valence-corrected chi connectivity index (χ0v) is 10.9. The highest BCUT2D eigenvalue weighted by atomic mass is 16.4. The number of hydrogen-bond acceptors (Lipinski definition) is 4. The fourth-order valence-electron chi connectivity index (χ4n) is 1.33. The van der Waals surface area contributed by atoms with Crippen LogP contribution in [0.2, 0.25) is 0 Å². The van der Waals surface area contributed by atoms with E-state index in [-0.39, 0.29) is 24.4 Å². The minimum absolute atomic E-state index is 0.0302. The van der Waals surface area contributed by atoms with Gasteiger partial charge in [-0.25, -0.2) is 14.6 Å². The first-order valence-corrected chi connectivity index (χ1v) is 5.82. The van der Waals surface area contributed by atoms with Crippen LogP contribution in [-0.4, -0.2) is 62.9 Å². The van der Waals surface area contributed by atoms with Crippen molar-refractivity contribution in [3.05, 3.63) is 18.2 Å². The molecule has 3 N–H and O–H groups in total. The van der Waals surface area contributed by atoms with Crippen molar-refractivity contribution >= 4 is 12.0 Å². The molecule has 8 heteroatoms. The SMILES string of the molecule is CC(CO)N(C)C(=O)NCCn1cnc(C(=O)O)c1. The predicted molar refractivity (Wildman–Crippen MR) is 66.9 cm³/mol. The van der Waals surface area contributed by atoms with Crippen LogP contribution in [0, 0.1) is 0 Å². The Kier molecular flexibility index (Phi) is 5.31. The maximum absolute atomic E-state index is 11.6. The first-order valence-electron chi connectivity index (χ1n) is 5.82. The van der Waals surface area contributed by atoms with Gasteiger partial charge >= 0.3 is 12.0 Å². The number of carboxylic acid groups (broad SMARTS) is 1. The molecule has 0 saturated heterocycles. The minimum atomic E-state index is -1.08. The van der Waals surface area contributed by atoms with E-state index in [1.165, 1.54) is 17.4 Å². The molecule has 1 rings (SSSR count). The molecule has 106 valence electrons. The molecule has 0 aliphatic heterocycles. The van der Waals surface area contributed by atoms with Gasteiger partial charge in [0, 0.05) is 26.3 Å². The number of nitrogens with zero attached hydrogens (tertiary/aromatic N) is 3. The van der Waals surface area contributed by atoms with E-state index >= 15 is 0 Å². The third-order valence-electron chi connectivity index (χ3n) is 2.74. The second-order valence-corrected chi connectivity index (χ2v) is 4.18. The number of nitrogens with one attached hydrogen (secondary N) is 1. The number of rotatable bonds is 6. The topological polar surface area (TPSA) is 108 Å². The molecule has 0 aromatic carbocycles. The van der Waals surface area contributed by atoms with E-state index in [2.05, 4.69) is 10.3 Å². The summed E-state index contributed by atoms with van der Waals surface area (Å²) in [7, 11) is 1.59. The summed E-state index contributed by atoms with van der Waals surface area (Å²) in [5.74, 6) is -1.08. The number of hydrogen-bond donors (Lipinski definition) is 3. The molecule has 0 radical (unpaired) electrons. The number of carbonyl (C=O) groups is 2. The van der Waals surface area contributed by atoms with Gasteiger partial charge in [-0.05, 0) is 6.92 Å². The van der Waals surface area contributed by atoms with Crippen LogP contribution < -0.4 is 5.32 Å². The molecule has 0 bridgehead atoms. The fourth-order valence-corrected chi connectivity index (χ4v) is 1.33. The average molecular weight is 270 g/mol. The van der Waals surface area contributed by atoms with Gasteiger partial charge in [0.05, 0.1) is 19.0 Å². The number of carboxylic acids is 1. The summed E-state index contributed by atoms with van der Waals surface area (Å²) in [6.45, 7) is 2.39. The molecule has 19 heavy (non-hydrogen) atoms. The quantitative estimate of drug-likeness (QED) is 0.652. The van der Waals surface area contributed by atoms with Gasteiger partial charge in [-0.3, -0.25) is 0 Å². The van der Waals surface area contributed by atoms with Crippen molar-refractivity contribution < 1.29 is 19.8 Å². The lowest BCUT2D eigenvalue weighted by Gasteiger charge is -2.23. The van der Waals surface area contributed by atoms with Crippen molar-refractivity contribution in [2.24, 2.45) is 0 Å². The summed E-state index contributed by atoms with van der Waals surface area (Å²) in [4.78, 5) is 27.3. The lowest BCUT2D eigenvalue weighted by Crippen LogP contribution is -2.44. The van der Waals surface area contributed by atoms with Crippen molar-refractivity contribution in [1.82, 2.24) is 19.8 Å². The van der Waals surface area contributed by atoms with Crippen LogP contribution in [0.1, 0.15) is 17.4 Å². The monoisotopic (exact) mass is 270 g/mol. The second-order valence-electron chi connectivity index (χ2n) is 4.18. The van der Waals surface area contributed by atoms with Crippen LogP contribution in [0.5, 0.6) is 0 Å². The van der Waals surface area contributed by atoms with Gasteiger partial charge in [0.2, 0.25) is 0 Å². The van der Waals surface area contributed by atoms with E-state index in [0.29, 0.717) is 13.1 Å². The number of amides is 2. The summed E-state index contributed by atoms with van der Waals surface area (Å²) in [6, 6.07) is -0.549. The zero-order valence-electron chi connectivity index (χ0n) is 10.9.